The first-order valence-corrected chi connectivity index (χ1v) is 10.2. The van der Waals surface area contributed by atoms with Crippen molar-refractivity contribution in [3.05, 3.63) is 28.2 Å². The molecule has 0 aliphatic carbocycles. The molecule has 0 aromatic heterocycles. The minimum atomic E-state index is -0.281. The summed E-state index contributed by atoms with van der Waals surface area (Å²) < 4.78 is 0. The maximum atomic E-state index is 12.6. The average Bonchev–Trinajstić information content (AvgIpc) is 3.19. The van der Waals surface area contributed by atoms with Crippen molar-refractivity contribution in [3.63, 3.8) is 0 Å². The summed E-state index contributed by atoms with van der Waals surface area (Å²) in [5, 5.41) is 3.85. The molecule has 2 amide bonds. The lowest BCUT2D eigenvalue weighted by Crippen LogP contribution is -2.54. The van der Waals surface area contributed by atoms with Crippen molar-refractivity contribution in [1.82, 2.24) is 14.7 Å². The molecular weight excluding hydrogens is 387 g/mol. The minimum absolute atomic E-state index is 0.110. The molecule has 0 unspecified atom stereocenters. The van der Waals surface area contributed by atoms with Crippen LogP contribution < -0.4 is 5.32 Å². The number of halogens is 2. The molecule has 2 aliphatic rings. The predicted octanol–water partition coefficient (Wildman–Crippen LogP) is 2.56. The van der Waals surface area contributed by atoms with E-state index in [4.69, 9.17) is 23.2 Å². The summed E-state index contributed by atoms with van der Waals surface area (Å²) in [6, 6.07) is 4.72. The standard InChI is InChI=1S/C19H26Cl2N4O2/c1-14(19(27)22-17-12-15(20)4-5-16(17)21)24-10-8-23(9-11-24)13-18(26)25-6-2-3-7-25/h4-5,12,14H,2-3,6-11,13H2,1H3,(H,22,27)/t14-/m0/s1. The van der Waals surface area contributed by atoms with Crippen molar-refractivity contribution in [1.29, 1.82) is 0 Å². The number of nitrogens with one attached hydrogen (secondary N) is 1. The quantitative estimate of drug-likeness (QED) is 0.806. The molecule has 6 nitrogen and oxygen atoms in total. The van der Waals surface area contributed by atoms with Crippen LogP contribution in [0.3, 0.4) is 0 Å². The van der Waals surface area contributed by atoms with E-state index in [1.807, 2.05) is 11.8 Å². The molecule has 1 atom stereocenters. The molecule has 0 bridgehead atoms. The molecule has 27 heavy (non-hydrogen) atoms. The number of carbonyl (C=O) groups excluding carboxylic acids is 2. The lowest BCUT2D eigenvalue weighted by atomic mass is 10.2. The Hall–Kier alpha value is -1.34. The molecule has 0 saturated carbocycles. The topological polar surface area (TPSA) is 55.9 Å². The Morgan fingerprint density at radius 1 is 1.07 bits per heavy atom. The van der Waals surface area contributed by atoms with Gasteiger partial charge in [0, 0.05) is 44.3 Å². The number of carbonyl (C=O) groups is 2. The zero-order chi connectivity index (χ0) is 19.4. The van der Waals surface area contributed by atoms with Crippen LogP contribution in [0.15, 0.2) is 18.2 Å². The summed E-state index contributed by atoms with van der Waals surface area (Å²) in [6.07, 6.45) is 2.23. The molecule has 8 heteroatoms. The monoisotopic (exact) mass is 412 g/mol. The van der Waals surface area contributed by atoms with Crippen molar-refractivity contribution in [2.45, 2.75) is 25.8 Å². The van der Waals surface area contributed by atoms with E-state index in [1.165, 1.54) is 0 Å². The van der Waals surface area contributed by atoms with E-state index in [1.54, 1.807) is 18.2 Å². The van der Waals surface area contributed by atoms with Gasteiger partial charge >= 0.3 is 0 Å². The van der Waals surface area contributed by atoms with Crippen LogP contribution in [-0.2, 0) is 9.59 Å². The molecule has 2 fully saturated rings. The Bertz CT molecular complexity index is 686. The summed E-state index contributed by atoms with van der Waals surface area (Å²) in [5.41, 5.74) is 0.524. The van der Waals surface area contributed by atoms with Crippen LogP contribution >= 0.6 is 23.2 Å². The van der Waals surface area contributed by atoms with Crippen molar-refractivity contribution in [2.75, 3.05) is 51.1 Å². The van der Waals surface area contributed by atoms with Gasteiger partial charge in [-0.25, -0.2) is 0 Å². The van der Waals surface area contributed by atoms with Crippen LogP contribution in [0.25, 0.3) is 0 Å². The van der Waals surface area contributed by atoms with Gasteiger partial charge < -0.3 is 10.2 Å². The largest absolute Gasteiger partial charge is 0.342 e. The van der Waals surface area contributed by atoms with Crippen LogP contribution in [-0.4, -0.2) is 78.4 Å². The van der Waals surface area contributed by atoms with Crippen molar-refractivity contribution in [2.24, 2.45) is 0 Å². The SMILES string of the molecule is C[C@@H](C(=O)Nc1cc(Cl)ccc1Cl)N1CCN(CC(=O)N2CCCC2)CC1. The van der Waals surface area contributed by atoms with Crippen LogP contribution in [0.5, 0.6) is 0 Å². The number of rotatable bonds is 5. The molecule has 2 heterocycles. The van der Waals surface area contributed by atoms with Crippen LogP contribution in [0.4, 0.5) is 5.69 Å². The molecule has 0 spiro atoms. The zero-order valence-corrected chi connectivity index (χ0v) is 17.1. The molecule has 1 aromatic carbocycles. The van der Waals surface area contributed by atoms with Crippen molar-refractivity contribution < 1.29 is 9.59 Å². The summed E-state index contributed by atoms with van der Waals surface area (Å²) in [6.45, 7) is 7.23. The fourth-order valence-electron chi connectivity index (χ4n) is 3.56. The van der Waals surface area contributed by atoms with E-state index in [0.29, 0.717) is 22.3 Å². The first-order valence-electron chi connectivity index (χ1n) is 9.44. The number of anilines is 1. The van der Waals surface area contributed by atoms with Gasteiger partial charge in [0.15, 0.2) is 0 Å². The second kappa shape index (κ2) is 9.24. The third-order valence-corrected chi connectivity index (χ3v) is 5.90. The van der Waals surface area contributed by atoms with Gasteiger partial charge in [0.25, 0.3) is 0 Å². The number of hydrogen-bond donors (Lipinski definition) is 1. The van der Waals surface area contributed by atoms with Gasteiger partial charge in [-0.05, 0) is 38.0 Å². The molecule has 1 aromatic rings. The minimum Gasteiger partial charge on any atom is -0.342 e. The summed E-state index contributed by atoms with van der Waals surface area (Å²) >= 11 is 12.1. The summed E-state index contributed by atoms with van der Waals surface area (Å²) in [7, 11) is 0. The van der Waals surface area contributed by atoms with Gasteiger partial charge in [-0.2, -0.15) is 0 Å². The van der Waals surface area contributed by atoms with E-state index in [-0.39, 0.29) is 17.9 Å². The number of benzene rings is 1. The lowest BCUT2D eigenvalue weighted by molar-refractivity contribution is -0.132. The third kappa shape index (κ3) is 5.35. The highest BCUT2D eigenvalue weighted by molar-refractivity contribution is 6.35. The maximum absolute atomic E-state index is 12.6. The Kier molecular flexibility index (Phi) is 6.98. The molecule has 1 N–H and O–H groups in total. The third-order valence-electron chi connectivity index (χ3n) is 5.34. The first-order chi connectivity index (χ1) is 12.9. The fraction of sp³-hybridized carbons (Fsp3) is 0.579. The number of amides is 2. The molecule has 3 rings (SSSR count). The normalized spacial score (nSPS) is 19.9. The Morgan fingerprint density at radius 3 is 2.41 bits per heavy atom. The van der Waals surface area contributed by atoms with Gasteiger partial charge in [-0.1, -0.05) is 23.2 Å². The molecule has 2 aliphatic heterocycles. The van der Waals surface area contributed by atoms with Crippen molar-refractivity contribution in [3.8, 4) is 0 Å². The zero-order valence-electron chi connectivity index (χ0n) is 15.6. The van der Waals surface area contributed by atoms with Gasteiger partial charge in [0.2, 0.25) is 11.8 Å². The summed E-state index contributed by atoms with van der Waals surface area (Å²) in [5.74, 6) is 0.114. The highest BCUT2D eigenvalue weighted by atomic mass is 35.5. The maximum Gasteiger partial charge on any atom is 0.241 e. The van der Waals surface area contributed by atoms with E-state index in [2.05, 4.69) is 15.1 Å². The van der Waals surface area contributed by atoms with Crippen LogP contribution in [0.2, 0.25) is 10.0 Å². The Morgan fingerprint density at radius 2 is 1.74 bits per heavy atom. The highest BCUT2D eigenvalue weighted by Crippen LogP contribution is 2.25. The second-order valence-corrected chi connectivity index (χ2v) is 8.03. The number of likely N-dealkylation sites (tertiary alicyclic amines) is 1. The van der Waals surface area contributed by atoms with E-state index < -0.39 is 0 Å². The fourth-order valence-corrected chi connectivity index (χ4v) is 3.90. The Labute approximate surface area is 170 Å². The van der Waals surface area contributed by atoms with E-state index >= 15 is 0 Å². The van der Waals surface area contributed by atoms with Gasteiger partial charge in [-0.3, -0.25) is 19.4 Å². The number of nitrogens with zero attached hydrogens (tertiary/aromatic N) is 3. The predicted molar refractivity (Wildman–Crippen MR) is 108 cm³/mol. The molecule has 0 radical (unpaired) electrons. The van der Waals surface area contributed by atoms with E-state index in [0.717, 1.165) is 52.1 Å². The molecule has 2 saturated heterocycles. The number of hydrogen-bond acceptors (Lipinski definition) is 4. The van der Waals surface area contributed by atoms with Crippen LogP contribution in [0, 0.1) is 0 Å². The van der Waals surface area contributed by atoms with Gasteiger partial charge in [0.1, 0.15) is 0 Å². The van der Waals surface area contributed by atoms with Crippen LogP contribution in [0.1, 0.15) is 19.8 Å². The molecular formula is C19H26Cl2N4O2. The second-order valence-electron chi connectivity index (χ2n) is 7.19. The highest BCUT2D eigenvalue weighted by Gasteiger charge is 2.28. The number of piperazine rings is 1. The molecule has 148 valence electrons. The van der Waals surface area contributed by atoms with Gasteiger partial charge in [-0.15, -0.1) is 0 Å². The van der Waals surface area contributed by atoms with Gasteiger partial charge in [0.05, 0.1) is 23.3 Å². The summed E-state index contributed by atoms with van der Waals surface area (Å²) in [4.78, 5) is 31.1. The lowest BCUT2D eigenvalue weighted by Gasteiger charge is -2.37. The van der Waals surface area contributed by atoms with E-state index in [9.17, 15) is 9.59 Å². The average molecular weight is 413 g/mol. The first kappa shape index (κ1) is 20.4. The Balaban J connectivity index is 1.47. The van der Waals surface area contributed by atoms with Crippen molar-refractivity contribution >= 4 is 40.7 Å². The smallest absolute Gasteiger partial charge is 0.241 e.